The van der Waals surface area contributed by atoms with E-state index in [9.17, 15) is 23.2 Å². The van der Waals surface area contributed by atoms with Gasteiger partial charge in [-0.3, -0.25) is 19.7 Å². The number of hydroxylamine groups is 1. The molecule has 1 aromatic carbocycles. The van der Waals surface area contributed by atoms with Crippen LogP contribution in [0.1, 0.15) is 6.92 Å². The molecule has 3 fully saturated rings. The molecule has 2 aliphatic heterocycles. The molecule has 0 spiro atoms. The van der Waals surface area contributed by atoms with E-state index in [1.165, 1.54) is 11.8 Å². The quantitative estimate of drug-likeness (QED) is 0.485. The van der Waals surface area contributed by atoms with Crippen molar-refractivity contribution in [2.45, 2.75) is 13.0 Å². The molecule has 2 heterocycles. The fourth-order valence-electron chi connectivity index (χ4n) is 4.28. The molecular weight excluding hydrogens is 390 g/mol. The second kappa shape index (κ2) is 7.14. The van der Waals surface area contributed by atoms with Crippen LogP contribution < -0.4 is 20.6 Å². The molecule has 3 aliphatic rings. The molecule has 0 aromatic heterocycles. The average molecular weight is 410 g/mol. The standard InChI is InChI=1S/C18H20F2N4O5/c1-8(25)21-4-10-5-24(18(27)29-10)9-2-13(19)16(14(20)3-9)23-6-11-12(7-23)15(11)17(26)22-28/h2-3,10-12,15,28H,4-7H2,1H3,(H,21,25)(H,22,26)/t10-,11-,12+,15?/m0/s1. The first-order valence-electron chi connectivity index (χ1n) is 9.20. The fourth-order valence-corrected chi connectivity index (χ4v) is 4.28. The number of nitrogens with one attached hydrogen (secondary N) is 2. The number of hydrogen-bond donors (Lipinski definition) is 3. The number of anilines is 2. The number of cyclic esters (lactones) is 1. The molecule has 0 bridgehead atoms. The van der Waals surface area contributed by atoms with Crippen LogP contribution in [0.3, 0.4) is 0 Å². The van der Waals surface area contributed by atoms with E-state index in [1.807, 2.05) is 0 Å². The summed E-state index contributed by atoms with van der Waals surface area (Å²) in [6.07, 6.45) is -1.36. The van der Waals surface area contributed by atoms with E-state index in [-0.39, 0.29) is 48.1 Å². The summed E-state index contributed by atoms with van der Waals surface area (Å²) in [6.45, 7) is 2.11. The minimum atomic E-state index is -0.817. The minimum Gasteiger partial charge on any atom is -0.442 e. The second-order valence-corrected chi connectivity index (χ2v) is 7.55. The van der Waals surface area contributed by atoms with Gasteiger partial charge in [0.1, 0.15) is 11.8 Å². The first-order valence-corrected chi connectivity index (χ1v) is 9.20. The number of carbonyl (C=O) groups excluding carboxylic acids is 3. The van der Waals surface area contributed by atoms with Gasteiger partial charge in [-0.15, -0.1) is 0 Å². The van der Waals surface area contributed by atoms with Gasteiger partial charge in [0.2, 0.25) is 11.8 Å². The number of halogens is 2. The molecule has 2 saturated heterocycles. The average Bonchev–Trinajstić information content (AvgIpc) is 2.99. The highest BCUT2D eigenvalue weighted by Gasteiger charge is 2.60. The number of carbonyl (C=O) groups is 3. The Bertz CT molecular complexity index is 847. The molecule has 4 rings (SSSR count). The van der Waals surface area contributed by atoms with Gasteiger partial charge >= 0.3 is 6.09 Å². The molecule has 1 aromatic rings. The molecular formula is C18H20F2N4O5. The van der Waals surface area contributed by atoms with Gasteiger partial charge in [-0.25, -0.2) is 19.1 Å². The minimum absolute atomic E-state index is 0.0287. The zero-order valence-electron chi connectivity index (χ0n) is 15.5. The number of benzene rings is 1. The number of hydrogen-bond acceptors (Lipinski definition) is 6. The van der Waals surface area contributed by atoms with E-state index in [4.69, 9.17) is 9.94 Å². The molecule has 4 atom stereocenters. The van der Waals surface area contributed by atoms with E-state index in [0.717, 1.165) is 17.0 Å². The summed E-state index contributed by atoms with van der Waals surface area (Å²) in [4.78, 5) is 37.2. The first kappa shape index (κ1) is 19.4. The molecule has 0 radical (unpaired) electrons. The van der Waals surface area contributed by atoms with Crippen LogP contribution in [-0.2, 0) is 14.3 Å². The van der Waals surface area contributed by atoms with Crippen molar-refractivity contribution in [3.05, 3.63) is 23.8 Å². The number of nitrogens with zero attached hydrogens (tertiary/aromatic N) is 2. The predicted molar refractivity (Wildman–Crippen MR) is 95.3 cm³/mol. The highest BCUT2D eigenvalue weighted by molar-refractivity contribution is 5.90. The Labute approximate surface area is 164 Å². The van der Waals surface area contributed by atoms with Crippen LogP contribution >= 0.6 is 0 Å². The highest BCUT2D eigenvalue weighted by Crippen LogP contribution is 2.53. The zero-order chi connectivity index (χ0) is 20.9. The molecule has 1 saturated carbocycles. The van der Waals surface area contributed by atoms with Crippen LogP contribution in [0.15, 0.2) is 12.1 Å². The van der Waals surface area contributed by atoms with E-state index in [0.29, 0.717) is 13.1 Å². The summed E-state index contributed by atoms with van der Waals surface area (Å²) < 4.78 is 34.6. The Balaban J connectivity index is 1.46. The third-order valence-electron chi connectivity index (χ3n) is 5.69. The van der Waals surface area contributed by atoms with Crippen molar-refractivity contribution in [3.63, 3.8) is 0 Å². The lowest BCUT2D eigenvalue weighted by atomic mass is 10.2. The highest BCUT2D eigenvalue weighted by atomic mass is 19.1. The summed E-state index contributed by atoms with van der Waals surface area (Å²) in [5, 5.41) is 11.2. The molecule has 156 valence electrons. The Morgan fingerprint density at radius 3 is 2.38 bits per heavy atom. The second-order valence-electron chi connectivity index (χ2n) is 7.55. The van der Waals surface area contributed by atoms with E-state index in [2.05, 4.69) is 5.32 Å². The Morgan fingerprint density at radius 2 is 1.83 bits per heavy atom. The number of amides is 3. The largest absolute Gasteiger partial charge is 0.442 e. The third kappa shape index (κ3) is 3.46. The number of ether oxygens (including phenoxy) is 1. The van der Waals surface area contributed by atoms with Crippen molar-refractivity contribution in [2.75, 3.05) is 36.0 Å². The zero-order valence-corrected chi connectivity index (χ0v) is 15.5. The van der Waals surface area contributed by atoms with Gasteiger partial charge in [-0.1, -0.05) is 0 Å². The maximum absolute atomic E-state index is 14.7. The number of fused-ring (bicyclic) bond motifs is 1. The smallest absolute Gasteiger partial charge is 0.414 e. The summed E-state index contributed by atoms with van der Waals surface area (Å²) in [7, 11) is 0. The molecule has 3 amide bonds. The molecule has 9 nitrogen and oxygen atoms in total. The van der Waals surface area contributed by atoms with Crippen molar-refractivity contribution in [2.24, 2.45) is 17.8 Å². The van der Waals surface area contributed by atoms with Gasteiger partial charge in [0.05, 0.1) is 18.8 Å². The van der Waals surface area contributed by atoms with E-state index in [1.54, 1.807) is 5.48 Å². The van der Waals surface area contributed by atoms with Crippen molar-refractivity contribution in [1.29, 1.82) is 0 Å². The van der Waals surface area contributed by atoms with Gasteiger partial charge in [-0.05, 0) is 11.8 Å². The fraction of sp³-hybridized carbons (Fsp3) is 0.500. The lowest BCUT2D eigenvalue weighted by Crippen LogP contribution is -2.33. The lowest BCUT2D eigenvalue weighted by Gasteiger charge is -2.24. The normalized spacial score (nSPS) is 27.5. The van der Waals surface area contributed by atoms with Gasteiger partial charge in [-0.2, -0.15) is 0 Å². The van der Waals surface area contributed by atoms with Gasteiger partial charge < -0.3 is 15.0 Å². The van der Waals surface area contributed by atoms with Gasteiger partial charge in [0.15, 0.2) is 11.6 Å². The Morgan fingerprint density at radius 1 is 1.21 bits per heavy atom. The summed E-state index contributed by atoms with van der Waals surface area (Å²) >= 11 is 0. The molecule has 11 heteroatoms. The number of piperidine rings is 1. The van der Waals surface area contributed by atoms with Gasteiger partial charge in [0, 0.05) is 38.1 Å². The monoisotopic (exact) mass is 410 g/mol. The SMILES string of the molecule is CC(=O)NC[C@H]1CN(c2cc(F)c(N3C[C@@H]4C(C(=O)NO)[C@@H]4C3)c(F)c2)C(=O)O1. The van der Waals surface area contributed by atoms with Crippen molar-refractivity contribution < 1.29 is 33.1 Å². The molecule has 29 heavy (non-hydrogen) atoms. The van der Waals surface area contributed by atoms with Crippen LogP contribution in [0.4, 0.5) is 25.0 Å². The molecule has 1 aliphatic carbocycles. The van der Waals surface area contributed by atoms with Crippen molar-refractivity contribution in [1.82, 2.24) is 10.8 Å². The van der Waals surface area contributed by atoms with Crippen LogP contribution in [-0.4, -0.2) is 55.4 Å². The lowest BCUT2D eigenvalue weighted by molar-refractivity contribution is -0.131. The van der Waals surface area contributed by atoms with Gasteiger partial charge in [0.25, 0.3) is 0 Å². The van der Waals surface area contributed by atoms with Crippen LogP contribution in [0.2, 0.25) is 0 Å². The predicted octanol–water partition coefficient (Wildman–Crippen LogP) is 0.614. The summed E-state index contributed by atoms with van der Waals surface area (Å²) in [5.74, 6) is -2.82. The molecule has 3 N–H and O–H groups in total. The van der Waals surface area contributed by atoms with Crippen LogP contribution in [0, 0.1) is 29.4 Å². The van der Waals surface area contributed by atoms with Crippen LogP contribution in [0.25, 0.3) is 0 Å². The van der Waals surface area contributed by atoms with E-state index >= 15 is 0 Å². The maximum atomic E-state index is 14.7. The Kier molecular flexibility index (Phi) is 4.77. The maximum Gasteiger partial charge on any atom is 0.414 e. The summed E-state index contributed by atoms with van der Waals surface area (Å²) in [6, 6.07) is 2.14. The molecule has 1 unspecified atom stereocenters. The van der Waals surface area contributed by atoms with Crippen LogP contribution in [0.5, 0.6) is 0 Å². The topological polar surface area (TPSA) is 111 Å². The van der Waals surface area contributed by atoms with Crippen molar-refractivity contribution in [3.8, 4) is 0 Å². The van der Waals surface area contributed by atoms with E-state index < -0.39 is 29.7 Å². The third-order valence-corrected chi connectivity index (χ3v) is 5.69. The number of rotatable bonds is 5. The first-order chi connectivity index (χ1) is 13.8. The van der Waals surface area contributed by atoms with Crippen molar-refractivity contribution >= 4 is 29.3 Å². The summed E-state index contributed by atoms with van der Waals surface area (Å²) in [5.41, 5.74) is 1.44. The Hall–Kier alpha value is -2.95.